The Morgan fingerprint density at radius 2 is 2.22 bits per heavy atom. The van der Waals surface area contributed by atoms with Gasteiger partial charge < -0.3 is 16.2 Å². The summed E-state index contributed by atoms with van der Waals surface area (Å²) in [7, 11) is 0. The zero-order valence-corrected chi connectivity index (χ0v) is 11.8. The van der Waals surface area contributed by atoms with E-state index in [1.165, 1.54) is 6.92 Å². The molecule has 1 rings (SSSR count). The van der Waals surface area contributed by atoms with Gasteiger partial charge in [0.05, 0.1) is 5.60 Å². The minimum absolute atomic E-state index is 0.0629. The Bertz CT molecular complexity index is 433. The fourth-order valence-electron chi connectivity index (χ4n) is 1.63. The summed E-state index contributed by atoms with van der Waals surface area (Å²) in [4.78, 5) is 11.4. The second-order valence-electron chi connectivity index (χ2n) is 4.64. The maximum Gasteiger partial charge on any atom is 0.161 e. The third-order valence-corrected chi connectivity index (χ3v) is 3.47. The molecule has 0 bridgehead atoms. The minimum atomic E-state index is -0.781. The number of thioether (sulfide) groups is 1. The summed E-state index contributed by atoms with van der Waals surface area (Å²) in [6, 6.07) is 5.21. The number of carbonyl (C=O) groups is 1. The number of carbonyl (C=O) groups excluding carboxylic acids is 1. The number of aliphatic hydroxyl groups is 1. The van der Waals surface area contributed by atoms with Gasteiger partial charge in [-0.3, -0.25) is 4.79 Å². The Hall–Kier alpha value is -1.20. The average molecular weight is 268 g/mol. The number of benzene rings is 1. The first-order valence-electron chi connectivity index (χ1n) is 5.71. The van der Waals surface area contributed by atoms with Crippen LogP contribution in [0.3, 0.4) is 0 Å². The van der Waals surface area contributed by atoms with Crippen LogP contribution in [0.15, 0.2) is 18.2 Å². The van der Waals surface area contributed by atoms with E-state index in [1.807, 2.05) is 6.26 Å². The van der Waals surface area contributed by atoms with Crippen molar-refractivity contribution < 1.29 is 9.90 Å². The summed E-state index contributed by atoms with van der Waals surface area (Å²) in [6.07, 6.45) is 1.95. The highest BCUT2D eigenvalue weighted by atomic mass is 32.2. The van der Waals surface area contributed by atoms with Crippen molar-refractivity contribution >= 4 is 28.9 Å². The molecule has 0 fully saturated rings. The van der Waals surface area contributed by atoms with Gasteiger partial charge in [0.2, 0.25) is 0 Å². The topological polar surface area (TPSA) is 75.3 Å². The van der Waals surface area contributed by atoms with Crippen LogP contribution in [0.1, 0.15) is 24.2 Å². The standard InChI is InChI=1S/C13H20N2O2S/c1-9(16)11-6-10(4-5-12(11)14)15-7-13(2,17)8-18-3/h4-6,15,17H,7-8,14H2,1-3H3. The summed E-state index contributed by atoms with van der Waals surface area (Å²) in [5.74, 6) is 0.584. The van der Waals surface area contributed by atoms with Crippen molar-refractivity contribution in [2.45, 2.75) is 19.4 Å². The summed E-state index contributed by atoms with van der Waals surface area (Å²) in [5, 5.41) is 13.2. The molecule has 0 amide bonds. The molecule has 4 nitrogen and oxygen atoms in total. The van der Waals surface area contributed by atoms with E-state index in [1.54, 1.807) is 36.9 Å². The number of anilines is 2. The molecule has 4 N–H and O–H groups in total. The summed E-state index contributed by atoms with van der Waals surface area (Å²) >= 11 is 1.59. The molecule has 1 unspecified atom stereocenters. The number of nitrogens with two attached hydrogens (primary N) is 1. The molecule has 18 heavy (non-hydrogen) atoms. The molecule has 0 aliphatic carbocycles. The van der Waals surface area contributed by atoms with Crippen LogP contribution >= 0.6 is 11.8 Å². The van der Waals surface area contributed by atoms with Crippen LogP contribution in [0.5, 0.6) is 0 Å². The van der Waals surface area contributed by atoms with Crippen molar-refractivity contribution in [1.82, 2.24) is 0 Å². The van der Waals surface area contributed by atoms with E-state index in [9.17, 15) is 9.90 Å². The maximum atomic E-state index is 11.4. The Labute approximate surface area is 112 Å². The summed E-state index contributed by atoms with van der Waals surface area (Å²) < 4.78 is 0. The van der Waals surface area contributed by atoms with E-state index >= 15 is 0 Å². The Balaban J connectivity index is 2.74. The van der Waals surface area contributed by atoms with Gasteiger partial charge in [-0.2, -0.15) is 11.8 Å². The number of nitrogen functional groups attached to an aromatic ring is 1. The van der Waals surface area contributed by atoms with Crippen LogP contribution in [0.4, 0.5) is 11.4 Å². The first-order valence-corrected chi connectivity index (χ1v) is 7.11. The SMILES string of the molecule is CSCC(C)(O)CNc1ccc(N)c(C(C)=O)c1. The second-order valence-corrected chi connectivity index (χ2v) is 5.51. The van der Waals surface area contributed by atoms with Gasteiger partial charge in [0.15, 0.2) is 5.78 Å². The second kappa shape index (κ2) is 6.11. The third kappa shape index (κ3) is 4.23. The number of hydrogen-bond acceptors (Lipinski definition) is 5. The molecule has 0 saturated heterocycles. The van der Waals surface area contributed by atoms with Crippen molar-refractivity contribution in [1.29, 1.82) is 0 Å². The first kappa shape index (κ1) is 14.9. The predicted molar refractivity (Wildman–Crippen MR) is 78.4 cm³/mol. The molecule has 100 valence electrons. The molecule has 0 spiro atoms. The van der Waals surface area contributed by atoms with Gasteiger partial charge in [0, 0.05) is 29.2 Å². The van der Waals surface area contributed by atoms with Crippen LogP contribution in [0.2, 0.25) is 0 Å². The van der Waals surface area contributed by atoms with E-state index in [-0.39, 0.29) is 5.78 Å². The van der Waals surface area contributed by atoms with E-state index in [0.717, 1.165) is 5.69 Å². The third-order valence-electron chi connectivity index (χ3n) is 2.56. The summed E-state index contributed by atoms with van der Waals surface area (Å²) in [6.45, 7) is 3.69. The van der Waals surface area contributed by atoms with E-state index in [0.29, 0.717) is 23.5 Å². The van der Waals surface area contributed by atoms with E-state index < -0.39 is 5.60 Å². The lowest BCUT2D eigenvalue weighted by atomic mass is 10.1. The molecular weight excluding hydrogens is 248 g/mol. The highest BCUT2D eigenvalue weighted by molar-refractivity contribution is 7.98. The summed E-state index contributed by atoms with van der Waals surface area (Å²) in [5.41, 5.74) is 6.71. The van der Waals surface area contributed by atoms with Crippen molar-refractivity contribution in [3.05, 3.63) is 23.8 Å². The lowest BCUT2D eigenvalue weighted by Gasteiger charge is -2.23. The van der Waals surface area contributed by atoms with E-state index in [2.05, 4.69) is 5.32 Å². The molecule has 0 aliphatic rings. The van der Waals surface area contributed by atoms with E-state index in [4.69, 9.17) is 5.73 Å². The number of nitrogens with one attached hydrogen (secondary N) is 1. The first-order chi connectivity index (χ1) is 8.35. The lowest BCUT2D eigenvalue weighted by Crippen LogP contribution is -2.36. The maximum absolute atomic E-state index is 11.4. The van der Waals surface area contributed by atoms with Gasteiger partial charge in [-0.15, -0.1) is 0 Å². The molecule has 0 saturated carbocycles. The fraction of sp³-hybridized carbons (Fsp3) is 0.462. The Morgan fingerprint density at radius 3 is 2.78 bits per heavy atom. The molecule has 5 heteroatoms. The number of Topliss-reactive ketones (excluding diaryl/α,β-unsaturated/α-hetero) is 1. The van der Waals surface area contributed by atoms with Gasteiger partial charge >= 0.3 is 0 Å². The largest absolute Gasteiger partial charge is 0.398 e. The van der Waals surface area contributed by atoms with Gasteiger partial charge in [-0.1, -0.05) is 0 Å². The zero-order valence-electron chi connectivity index (χ0n) is 11.0. The molecular formula is C13H20N2O2S. The van der Waals surface area contributed by atoms with Crippen LogP contribution in [-0.4, -0.2) is 35.0 Å². The zero-order chi connectivity index (χ0) is 13.8. The van der Waals surface area contributed by atoms with Crippen LogP contribution < -0.4 is 11.1 Å². The number of ketones is 1. The monoisotopic (exact) mass is 268 g/mol. The lowest BCUT2D eigenvalue weighted by molar-refractivity contribution is 0.0996. The quantitative estimate of drug-likeness (QED) is 0.543. The highest BCUT2D eigenvalue weighted by Gasteiger charge is 2.19. The van der Waals surface area contributed by atoms with Crippen molar-refractivity contribution in [3.8, 4) is 0 Å². The van der Waals surface area contributed by atoms with Gasteiger partial charge in [0.1, 0.15) is 0 Å². The van der Waals surface area contributed by atoms with Gasteiger partial charge in [0.25, 0.3) is 0 Å². The van der Waals surface area contributed by atoms with Crippen molar-refractivity contribution in [2.24, 2.45) is 0 Å². The molecule has 1 aromatic rings. The fourth-order valence-corrected chi connectivity index (χ4v) is 2.35. The van der Waals surface area contributed by atoms with Crippen LogP contribution in [-0.2, 0) is 0 Å². The van der Waals surface area contributed by atoms with Gasteiger partial charge in [-0.05, 0) is 38.3 Å². The van der Waals surface area contributed by atoms with Crippen LogP contribution in [0.25, 0.3) is 0 Å². The Morgan fingerprint density at radius 1 is 1.56 bits per heavy atom. The molecule has 0 radical (unpaired) electrons. The minimum Gasteiger partial charge on any atom is -0.398 e. The Kier molecular flexibility index (Phi) is 5.04. The van der Waals surface area contributed by atoms with Crippen molar-refractivity contribution in [2.75, 3.05) is 29.6 Å². The normalized spacial score (nSPS) is 14.0. The van der Waals surface area contributed by atoms with Crippen LogP contribution in [0, 0.1) is 0 Å². The van der Waals surface area contributed by atoms with Gasteiger partial charge in [-0.25, -0.2) is 0 Å². The molecule has 1 atom stereocenters. The number of hydrogen-bond donors (Lipinski definition) is 3. The highest BCUT2D eigenvalue weighted by Crippen LogP contribution is 2.19. The molecule has 0 aliphatic heterocycles. The average Bonchev–Trinajstić information content (AvgIpc) is 2.27. The molecule has 1 aromatic carbocycles. The molecule has 0 aromatic heterocycles. The smallest absolute Gasteiger partial charge is 0.161 e. The molecule has 0 heterocycles. The number of rotatable bonds is 6. The predicted octanol–water partition coefficient (Wildman–Crippen LogP) is 2.00. The van der Waals surface area contributed by atoms with Crippen molar-refractivity contribution in [3.63, 3.8) is 0 Å².